The summed E-state index contributed by atoms with van der Waals surface area (Å²) in [4.78, 5) is 4.85. The molecule has 3 heteroatoms. The fourth-order valence-electron chi connectivity index (χ4n) is 10.7. The van der Waals surface area contributed by atoms with Crippen LogP contribution in [-0.4, -0.2) is 0 Å². The van der Waals surface area contributed by atoms with Crippen LogP contribution in [0.4, 0.5) is 34.1 Å². The average Bonchev–Trinajstić information content (AvgIpc) is 3.99. The van der Waals surface area contributed by atoms with Gasteiger partial charge in [-0.05, 0) is 141 Å². The zero-order valence-electron chi connectivity index (χ0n) is 34.9. The zero-order chi connectivity index (χ0) is 42.2. The molecular formula is C61H40N2S. The first-order chi connectivity index (χ1) is 31.7. The van der Waals surface area contributed by atoms with Crippen molar-refractivity contribution in [1.82, 2.24) is 0 Å². The number of fused-ring (bicyclic) bond motifs is 13. The largest absolute Gasteiger partial charge is 0.310 e. The van der Waals surface area contributed by atoms with Gasteiger partial charge in [0.05, 0.1) is 5.41 Å². The minimum atomic E-state index is -0.556. The molecule has 0 fully saturated rings. The Labute approximate surface area is 377 Å². The number of para-hydroxylation sites is 2. The van der Waals surface area contributed by atoms with Gasteiger partial charge >= 0.3 is 0 Å². The van der Waals surface area contributed by atoms with Gasteiger partial charge in [-0.3, -0.25) is 0 Å². The van der Waals surface area contributed by atoms with E-state index in [1.165, 1.54) is 75.8 Å². The summed E-state index contributed by atoms with van der Waals surface area (Å²) in [6.07, 6.45) is 0. The summed E-state index contributed by atoms with van der Waals surface area (Å²) in [5, 5.41) is 2.57. The number of rotatable bonds is 7. The van der Waals surface area contributed by atoms with Crippen LogP contribution in [0.15, 0.2) is 243 Å². The van der Waals surface area contributed by atoms with E-state index in [-0.39, 0.29) is 0 Å². The Bertz CT molecular complexity index is 3510. The molecule has 2 aliphatic carbocycles. The maximum atomic E-state index is 2.50. The lowest BCUT2D eigenvalue weighted by Crippen LogP contribution is -2.26. The van der Waals surface area contributed by atoms with Crippen molar-refractivity contribution in [2.45, 2.75) is 5.41 Å². The summed E-state index contributed by atoms with van der Waals surface area (Å²) in [6.45, 7) is 0. The highest BCUT2D eigenvalue weighted by atomic mass is 32.1. The molecule has 0 saturated carbocycles. The predicted molar refractivity (Wildman–Crippen MR) is 270 cm³/mol. The van der Waals surface area contributed by atoms with E-state index in [1.807, 2.05) is 11.3 Å². The minimum Gasteiger partial charge on any atom is -0.310 e. The van der Waals surface area contributed by atoms with Gasteiger partial charge in [-0.2, -0.15) is 0 Å². The first-order valence-electron chi connectivity index (χ1n) is 22.0. The SMILES string of the molecule is c1ccc(-c2ccc(N(c3ccc4c(c3)C3(c5ccccc5-c5ccc(N(c6ccccc6)c6ccccc6)cc53)c3ccccc3-4)c3ccc4sc5ccccc5c4c3)cc2)cc1. The Morgan fingerprint density at radius 2 is 0.672 bits per heavy atom. The van der Waals surface area contributed by atoms with Crippen molar-refractivity contribution in [3.63, 3.8) is 0 Å². The molecule has 10 aromatic carbocycles. The molecular weight excluding hydrogens is 793 g/mol. The number of anilines is 6. The normalized spacial score (nSPS) is 14.3. The quantitative estimate of drug-likeness (QED) is 0.158. The molecule has 0 radical (unpaired) electrons. The molecule has 0 N–H and O–H groups in total. The van der Waals surface area contributed by atoms with Gasteiger partial charge in [0.15, 0.2) is 0 Å². The highest BCUT2D eigenvalue weighted by Crippen LogP contribution is 2.64. The average molecular weight is 833 g/mol. The van der Waals surface area contributed by atoms with E-state index in [4.69, 9.17) is 0 Å². The van der Waals surface area contributed by atoms with Crippen LogP contribution in [0, 0.1) is 0 Å². The molecule has 300 valence electrons. The molecule has 1 aromatic heterocycles. The topological polar surface area (TPSA) is 6.48 Å². The molecule has 11 aromatic rings. The summed E-state index contributed by atoms with van der Waals surface area (Å²) in [5.74, 6) is 0. The van der Waals surface area contributed by atoms with Crippen LogP contribution in [0.25, 0.3) is 53.6 Å². The third-order valence-corrected chi connectivity index (χ3v) is 14.6. The molecule has 1 unspecified atom stereocenters. The van der Waals surface area contributed by atoms with Crippen LogP contribution in [0.1, 0.15) is 22.3 Å². The van der Waals surface area contributed by atoms with Gasteiger partial charge in [0.1, 0.15) is 0 Å². The Kier molecular flexibility index (Phi) is 8.34. The van der Waals surface area contributed by atoms with Crippen LogP contribution in [0.2, 0.25) is 0 Å². The molecule has 0 saturated heterocycles. The van der Waals surface area contributed by atoms with E-state index >= 15 is 0 Å². The number of hydrogen-bond acceptors (Lipinski definition) is 3. The molecule has 13 rings (SSSR count). The van der Waals surface area contributed by atoms with Gasteiger partial charge in [0.25, 0.3) is 0 Å². The molecule has 0 amide bonds. The molecule has 2 nitrogen and oxygen atoms in total. The summed E-state index contributed by atoms with van der Waals surface area (Å²) >= 11 is 1.86. The molecule has 0 bridgehead atoms. The Morgan fingerprint density at radius 3 is 1.28 bits per heavy atom. The number of hydrogen-bond donors (Lipinski definition) is 0. The van der Waals surface area contributed by atoms with E-state index in [9.17, 15) is 0 Å². The number of benzene rings is 10. The van der Waals surface area contributed by atoms with Crippen molar-refractivity contribution in [1.29, 1.82) is 0 Å². The van der Waals surface area contributed by atoms with Crippen molar-refractivity contribution in [3.05, 3.63) is 265 Å². The van der Waals surface area contributed by atoms with Gasteiger partial charge in [0, 0.05) is 54.3 Å². The predicted octanol–water partition coefficient (Wildman–Crippen LogP) is 17.0. The van der Waals surface area contributed by atoms with E-state index in [1.54, 1.807) is 0 Å². The van der Waals surface area contributed by atoms with Crippen molar-refractivity contribution in [2.24, 2.45) is 0 Å². The third kappa shape index (κ3) is 5.51. The van der Waals surface area contributed by atoms with Crippen molar-refractivity contribution in [2.75, 3.05) is 9.80 Å². The molecule has 2 aliphatic rings. The van der Waals surface area contributed by atoms with Crippen LogP contribution in [-0.2, 0) is 5.41 Å². The standard InChI is InChI=1S/C61H40N2S/c1-4-16-41(17-5-1)42-28-30-45(31-29-42)63(46-34-37-60-54(38-46)53-24-12-15-27-59(53)64-60)48-33-36-52-50-23-11-14-26-56(50)61(58(52)40-48)55-25-13-10-22-49(55)51-35-32-47(39-57(51)61)62(43-18-6-2-7-19-43)44-20-8-3-9-21-44/h1-40H. The molecule has 0 aliphatic heterocycles. The van der Waals surface area contributed by atoms with Crippen molar-refractivity contribution < 1.29 is 0 Å². The van der Waals surface area contributed by atoms with Crippen LogP contribution >= 0.6 is 11.3 Å². The lowest BCUT2D eigenvalue weighted by molar-refractivity contribution is 0.793. The summed E-state index contributed by atoms with van der Waals surface area (Å²) in [5.41, 5.74) is 18.9. The van der Waals surface area contributed by atoms with Crippen molar-refractivity contribution in [3.8, 4) is 33.4 Å². The highest BCUT2D eigenvalue weighted by molar-refractivity contribution is 7.25. The lowest BCUT2D eigenvalue weighted by Gasteiger charge is -2.33. The van der Waals surface area contributed by atoms with E-state index in [0.29, 0.717) is 0 Å². The minimum absolute atomic E-state index is 0.556. The smallest absolute Gasteiger partial charge is 0.0727 e. The second-order valence-corrected chi connectivity index (χ2v) is 17.9. The lowest BCUT2D eigenvalue weighted by atomic mass is 9.70. The Morgan fingerprint density at radius 1 is 0.266 bits per heavy atom. The maximum absolute atomic E-state index is 2.50. The first-order valence-corrected chi connectivity index (χ1v) is 22.8. The van der Waals surface area contributed by atoms with Gasteiger partial charge in [-0.1, -0.05) is 158 Å². The monoisotopic (exact) mass is 832 g/mol. The Balaban J connectivity index is 1.05. The second kappa shape index (κ2) is 14.6. The molecule has 64 heavy (non-hydrogen) atoms. The number of thiophene rings is 1. The van der Waals surface area contributed by atoms with E-state index in [2.05, 4.69) is 252 Å². The van der Waals surface area contributed by atoms with Crippen LogP contribution in [0.3, 0.4) is 0 Å². The maximum Gasteiger partial charge on any atom is 0.0727 e. The number of nitrogens with zero attached hydrogens (tertiary/aromatic N) is 2. The van der Waals surface area contributed by atoms with Gasteiger partial charge < -0.3 is 9.80 Å². The second-order valence-electron chi connectivity index (χ2n) is 16.8. The molecule has 1 atom stereocenters. The van der Waals surface area contributed by atoms with Gasteiger partial charge in [0.2, 0.25) is 0 Å². The van der Waals surface area contributed by atoms with E-state index in [0.717, 1.165) is 34.1 Å². The van der Waals surface area contributed by atoms with Crippen LogP contribution in [0.5, 0.6) is 0 Å². The first kappa shape index (κ1) is 36.7. The fourth-order valence-corrected chi connectivity index (χ4v) is 11.8. The summed E-state index contributed by atoms with van der Waals surface area (Å²) in [7, 11) is 0. The van der Waals surface area contributed by atoms with Gasteiger partial charge in [-0.25, -0.2) is 0 Å². The van der Waals surface area contributed by atoms with Gasteiger partial charge in [-0.15, -0.1) is 11.3 Å². The molecule has 1 heterocycles. The summed E-state index contributed by atoms with van der Waals surface area (Å²) < 4.78 is 2.60. The van der Waals surface area contributed by atoms with E-state index < -0.39 is 5.41 Å². The Hall–Kier alpha value is -7.98. The summed E-state index contributed by atoms with van der Waals surface area (Å²) in [6, 6.07) is 89.6. The fraction of sp³-hybridized carbons (Fsp3) is 0.0164. The molecule has 1 spiro atoms. The zero-order valence-corrected chi connectivity index (χ0v) is 35.7. The van der Waals surface area contributed by atoms with Crippen LogP contribution < -0.4 is 9.80 Å². The third-order valence-electron chi connectivity index (χ3n) is 13.5. The highest BCUT2D eigenvalue weighted by Gasteiger charge is 2.52. The van der Waals surface area contributed by atoms with Crippen molar-refractivity contribution >= 4 is 65.6 Å².